The van der Waals surface area contributed by atoms with E-state index in [-0.39, 0.29) is 42.3 Å². The summed E-state index contributed by atoms with van der Waals surface area (Å²) in [5.74, 6) is -2.81. The van der Waals surface area contributed by atoms with Crippen LogP contribution >= 0.6 is 27.5 Å². The molecule has 1 N–H and O–H groups in total. The first-order chi connectivity index (χ1) is 19.6. The first-order valence-corrected chi connectivity index (χ1v) is 15.6. The van der Waals surface area contributed by atoms with Crippen LogP contribution < -0.4 is 4.90 Å². The van der Waals surface area contributed by atoms with Crippen LogP contribution in [0.15, 0.2) is 49.6 Å². The molecule has 0 saturated carbocycles. The fourth-order valence-electron chi connectivity index (χ4n) is 6.71. The Kier molecular flexibility index (Phi) is 10.4. The Morgan fingerprint density at radius 1 is 1.27 bits per heavy atom. The van der Waals surface area contributed by atoms with Gasteiger partial charge in [0.15, 0.2) is 0 Å². The number of unbranched alkanes of at least 4 members (excludes halogenated alkanes) is 2. The minimum absolute atomic E-state index is 0.145. The molecule has 10 heteroatoms. The zero-order chi connectivity index (χ0) is 29.9. The maximum Gasteiger partial charge on any atom is 0.312 e. The number of halogens is 2. The van der Waals surface area contributed by atoms with Gasteiger partial charge in [0.2, 0.25) is 5.91 Å². The lowest BCUT2D eigenvalue weighted by Crippen LogP contribution is -2.59. The Hall–Kier alpha value is -2.20. The van der Waals surface area contributed by atoms with Crippen molar-refractivity contribution in [1.82, 2.24) is 4.90 Å². The summed E-state index contributed by atoms with van der Waals surface area (Å²) >= 11 is 9.81. The molecule has 41 heavy (non-hydrogen) atoms. The first-order valence-electron chi connectivity index (χ1n) is 14.3. The molecule has 0 aliphatic carbocycles. The molecule has 2 bridgehead atoms. The summed E-state index contributed by atoms with van der Waals surface area (Å²) in [5.41, 5.74) is -0.662. The van der Waals surface area contributed by atoms with Crippen LogP contribution in [0.3, 0.4) is 0 Å². The number of ether oxygens (including phenoxy) is 2. The summed E-state index contributed by atoms with van der Waals surface area (Å²) < 4.78 is 12.3. The van der Waals surface area contributed by atoms with Gasteiger partial charge in [0, 0.05) is 22.1 Å². The predicted octanol–water partition coefficient (Wildman–Crippen LogP) is 4.91. The lowest BCUT2D eigenvalue weighted by Gasteiger charge is -2.39. The molecule has 0 aromatic heterocycles. The number of benzene rings is 1. The van der Waals surface area contributed by atoms with Gasteiger partial charge in [-0.05, 0) is 62.3 Å². The van der Waals surface area contributed by atoms with Crippen molar-refractivity contribution in [2.75, 3.05) is 24.7 Å². The molecule has 1 spiro atoms. The summed E-state index contributed by atoms with van der Waals surface area (Å²) in [6.45, 7) is 11.7. The second-order valence-electron chi connectivity index (χ2n) is 11.5. The van der Waals surface area contributed by atoms with Crippen LogP contribution in [0, 0.1) is 17.8 Å². The number of aliphatic hydroxyl groups excluding tert-OH is 1. The van der Waals surface area contributed by atoms with E-state index in [2.05, 4.69) is 29.1 Å². The van der Waals surface area contributed by atoms with E-state index in [1.54, 1.807) is 35.2 Å². The number of alkyl halides is 1. The lowest BCUT2D eigenvalue weighted by atomic mass is 9.70. The first kappa shape index (κ1) is 31.7. The van der Waals surface area contributed by atoms with Gasteiger partial charge >= 0.3 is 5.97 Å². The molecule has 3 aliphatic heterocycles. The summed E-state index contributed by atoms with van der Waals surface area (Å²) in [7, 11) is 0. The van der Waals surface area contributed by atoms with Crippen molar-refractivity contribution in [3.8, 4) is 0 Å². The van der Waals surface area contributed by atoms with Crippen molar-refractivity contribution in [3.63, 3.8) is 0 Å². The monoisotopic (exact) mass is 650 g/mol. The molecule has 3 fully saturated rings. The SMILES string of the molecule is C=CCCCCOC(=O)[C@H]1[C@@H]2OC3(CC2Br)C(C(=O)N(CC=C)c2ccc(Cl)cc2)N([C@@H](CO)CC(C)C)C(=O)[C@H]13. The maximum atomic E-state index is 14.6. The molecule has 7 atom stereocenters. The minimum Gasteiger partial charge on any atom is -0.465 e. The van der Waals surface area contributed by atoms with Crippen LogP contribution in [0.1, 0.15) is 46.0 Å². The Labute approximate surface area is 255 Å². The smallest absolute Gasteiger partial charge is 0.312 e. The molecule has 0 radical (unpaired) electrons. The van der Waals surface area contributed by atoms with Gasteiger partial charge in [0.1, 0.15) is 11.6 Å². The van der Waals surface area contributed by atoms with Gasteiger partial charge < -0.3 is 24.4 Å². The van der Waals surface area contributed by atoms with E-state index in [0.29, 0.717) is 30.0 Å². The average Bonchev–Trinajstić information content (AvgIpc) is 3.53. The number of rotatable bonds is 14. The van der Waals surface area contributed by atoms with E-state index in [1.807, 2.05) is 19.9 Å². The van der Waals surface area contributed by atoms with Gasteiger partial charge in [-0.3, -0.25) is 14.4 Å². The standard InChI is InChI=1S/C31H40BrClN2O6/c1-5-7-8-9-15-40-30(39)24-25-28(37)35(22(18-36)16-19(3)4)27(31(25)17-23(32)26(24)41-31)29(38)34(14-6-2)21-12-10-20(33)11-13-21/h5-6,10-13,19,22-27,36H,1-2,7-9,14-18H2,3-4H3/t22-,23?,24-,25+,26-,27?,31?/m1/s1. The number of esters is 1. The Morgan fingerprint density at radius 2 is 1.98 bits per heavy atom. The number of anilines is 1. The number of nitrogens with zero attached hydrogens (tertiary/aromatic N) is 2. The number of aliphatic hydroxyl groups is 1. The molecule has 224 valence electrons. The quantitative estimate of drug-likeness (QED) is 0.133. The van der Waals surface area contributed by atoms with E-state index in [4.69, 9.17) is 21.1 Å². The van der Waals surface area contributed by atoms with E-state index >= 15 is 0 Å². The van der Waals surface area contributed by atoms with Crippen molar-refractivity contribution in [1.29, 1.82) is 0 Å². The summed E-state index contributed by atoms with van der Waals surface area (Å²) in [5, 5.41) is 11.0. The molecule has 3 unspecified atom stereocenters. The van der Waals surface area contributed by atoms with Crippen LogP contribution in [0.5, 0.6) is 0 Å². The lowest BCUT2D eigenvalue weighted by molar-refractivity contribution is -0.155. The number of allylic oxidation sites excluding steroid dienone is 1. The molecule has 3 aliphatic rings. The molecule has 1 aromatic carbocycles. The predicted molar refractivity (Wildman–Crippen MR) is 162 cm³/mol. The number of hydrogen-bond donors (Lipinski definition) is 1. The second-order valence-corrected chi connectivity index (χ2v) is 13.2. The Bertz CT molecular complexity index is 1150. The van der Waals surface area contributed by atoms with Crippen molar-refractivity contribution in [2.45, 2.75) is 74.6 Å². The second kappa shape index (κ2) is 13.4. The minimum atomic E-state index is -1.25. The highest BCUT2D eigenvalue weighted by molar-refractivity contribution is 9.09. The number of likely N-dealkylation sites (tertiary alicyclic amines) is 1. The van der Waals surface area contributed by atoms with Gasteiger partial charge in [-0.15, -0.1) is 13.2 Å². The van der Waals surface area contributed by atoms with Crippen molar-refractivity contribution in [3.05, 3.63) is 54.6 Å². The van der Waals surface area contributed by atoms with Gasteiger partial charge in [-0.1, -0.05) is 53.5 Å². The van der Waals surface area contributed by atoms with Crippen LogP contribution in [0.2, 0.25) is 5.02 Å². The summed E-state index contributed by atoms with van der Waals surface area (Å²) in [6, 6.07) is 5.19. The van der Waals surface area contributed by atoms with Crippen molar-refractivity contribution < 1.29 is 29.0 Å². The fraction of sp³-hybridized carbons (Fsp3) is 0.581. The van der Waals surface area contributed by atoms with Crippen LogP contribution in [-0.2, 0) is 23.9 Å². The zero-order valence-corrected chi connectivity index (χ0v) is 26.1. The third-order valence-electron chi connectivity index (χ3n) is 8.34. The molecule has 4 rings (SSSR count). The normalized spacial score (nSPS) is 29.0. The number of carbonyl (C=O) groups excluding carboxylic acids is 3. The number of hydrogen-bond acceptors (Lipinski definition) is 6. The van der Waals surface area contributed by atoms with Gasteiger partial charge in [0.25, 0.3) is 5.91 Å². The third-order valence-corrected chi connectivity index (χ3v) is 9.44. The Morgan fingerprint density at radius 3 is 2.59 bits per heavy atom. The fourth-order valence-corrected chi connectivity index (χ4v) is 7.78. The third kappa shape index (κ3) is 6.01. The highest BCUT2D eigenvalue weighted by Crippen LogP contribution is 2.61. The van der Waals surface area contributed by atoms with Crippen molar-refractivity contribution in [2.24, 2.45) is 17.8 Å². The van der Waals surface area contributed by atoms with Gasteiger partial charge in [-0.2, -0.15) is 0 Å². The van der Waals surface area contributed by atoms with Crippen molar-refractivity contribution >= 4 is 51.0 Å². The molecular formula is C31H40BrClN2O6. The molecule has 1 aromatic rings. The number of carbonyl (C=O) groups is 3. The maximum absolute atomic E-state index is 14.6. The van der Waals surface area contributed by atoms with E-state index < -0.39 is 41.6 Å². The average molecular weight is 652 g/mol. The van der Waals surface area contributed by atoms with E-state index in [9.17, 15) is 19.5 Å². The molecule has 3 saturated heterocycles. The van der Waals surface area contributed by atoms with E-state index in [0.717, 1.165) is 12.8 Å². The molecule has 8 nitrogen and oxygen atoms in total. The number of fused-ring (bicyclic) bond motifs is 1. The highest BCUT2D eigenvalue weighted by atomic mass is 79.9. The highest BCUT2D eigenvalue weighted by Gasteiger charge is 2.77. The summed E-state index contributed by atoms with van der Waals surface area (Å²) in [4.78, 5) is 45.3. The zero-order valence-electron chi connectivity index (χ0n) is 23.7. The van der Waals surface area contributed by atoms with Crippen LogP contribution in [0.4, 0.5) is 5.69 Å². The summed E-state index contributed by atoms with van der Waals surface area (Å²) in [6.07, 6.45) is 6.04. The van der Waals surface area contributed by atoms with E-state index in [1.165, 1.54) is 4.90 Å². The van der Waals surface area contributed by atoms with Gasteiger partial charge in [0.05, 0.1) is 37.2 Å². The van der Waals surface area contributed by atoms with Crippen LogP contribution in [0.25, 0.3) is 0 Å². The van der Waals surface area contributed by atoms with Crippen LogP contribution in [-0.4, -0.2) is 76.2 Å². The van der Waals surface area contributed by atoms with Gasteiger partial charge in [-0.25, -0.2) is 0 Å². The Balaban J connectivity index is 1.75. The largest absolute Gasteiger partial charge is 0.465 e. The molecule has 2 amide bonds. The molecular weight excluding hydrogens is 612 g/mol. The topological polar surface area (TPSA) is 96.4 Å². The number of amides is 2. The molecule has 3 heterocycles.